The Morgan fingerprint density at radius 1 is 1.13 bits per heavy atom. The van der Waals surface area contributed by atoms with Crippen molar-refractivity contribution in [1.82, 2.24) is 0 Å². The summed E-state index contributed by atoms with van der Waals surface area (Å²) in [6.07, 6.45) is 0.994. The molecule has 0 radical (unpaired) electrons. The molecule has 0 N–H and O–H groups in total. The number of rotatable bonds is 5. The Morgan fingerprint density at radius 3 is 2.30 bits per heavy atom. The topological polar surface area (TPSA) is 83.5 Å². The minimum Gasteiger partial charge on any atom is -0.744 e. The molecular formula is C17H17O5S-. The first kappa shape index (κ1) is 17.2. The third-order valence-electron chi connectivity index (χ3n) is 3.65. The van der Waals surface area contributed by atoms with Gasteiger partial charge in [0, 0.05) is 0 Å². The summed E-state index contributed by atoms with van der Waals surface area (Å²) < 4.78 is 38.8. The molecule has 0 spiro atoms. The van der Waals surface area contributed by atoms with Crippen LogP contribution in [0.5, 0.6) is 5.75 Å². The van der Waals surface area contributed by atoms with E-state index in [1.165, 1.54) is 18.2 Å². The van der Waals surface area contributed by atoms with E-state index in [1.54, 1.807) is 12.1 Å². The fourth-order valence-electron chi connectivity index (χ4n) is 2.12. The standard InChI is InChI=1S/C17H18O5S/c1-3-12(2)13-8-10-14(11-9-13)22-17(18)15-6-4-5-7-16(15)23(19,20)21/h4-12H,3H2,1-2H3,(H,19,20,21)/p-1. The van der Waals surface area contributed by atoms with Gasteiger partial charge in [-0.15, -0.1) is 0 Å². The van der Waals surface area contributed by atoms with Crippen LogP contribution in [-0.4, -0.2) is 18.9 Å². The monoisotopic (exact) mass is 333 g/mol. The molecule has 0 heterocycles. The molecule has 1 unspecified atom stereocenters. The van der Waals surface area contributed by atoms with Gasteiger partial charge in [0.25, 0.3) is 0 Å². The minimum atomic E-state index is -4.74. The minimum absolute atomic E-state index is 0.270. The van der Waals surface area contributed by atoms with E-state index in [1.807, 2.05) is 12.1 Å². The van der Waals surface area contributed by atoms with Gasteiger partial charge in [0.2, 0.25) is 0 Å². The molecule has 1 atom stereocenters. The van der Waals surface area contributed by atoms with Gasteiger partial charge in [-0.3, -0.25) is 0 Å². The van der Waals surface area contributed by atoms with Crippen molar-refractivity contribution in [2.45, 2.75) is 31.1 Å². The van der Waals surface area contributed by atoms with Gasteiger partial charge in [0.1, 0.15) is 15.9 Å². The molecular weight excluding hydrogens is 316 g/mol. The molecule has 5 nitrogen and oxygen atoms in total. The molecule has 0 aromatic heterocycles. The fourth-order valence-corrected chi connectivity index (χ4v) is 2.78. The molecule has 0 aliphatic carbocycles. The lowest BCUT2D eigenvalue weighted by atomic mass is 9.99. The summed E-state index contributed by atoms with van der Waals surface area (Å²) in [6.45, 7) is 4.18. The Bertz CT molecular complexity index is 794. The maximum atomic E-state index is 12.1. The van der Waals surface area contributed by atoms with Crippen LogP contribution in [0.15, 0.2) is 53.4 Å². The van der Waals surface area contributed by atoms with Crippen molar-refractivity contribution in [3.8, 4) is 5.75 Å². The number of carbonyl (C=O) groups excluding carboxylic acids is 1. The fraction of sp³-hybridized carbons (Fsp3) is 0.235. The Balaban J connectivity index is 2.23. The van der Waals surface area contributed by atoms with Crippen molar-refractivity contribution in [2.75, 3.05) is 0 Å². The van der Waals surface area contributed by atoms with E-state index in [0.29, 0.717) is 11.7 Å². The van der Waals surface area contributed by atoms with Gasteiger partial charge >= 0.3 is 5.97 Å². The summed E-state index contributed by atoms with van der Waals surface area (Å²) in [5.41, 5.74) is 0.850. The number of benzene rings is 2. The highest BCUT2D eigenvalue weighted by Gasteiger charge is 2.17. The molecule has 0 saturated carbocycles. The van der Waals surface area contributed by atoms with Crippen LogP contribution in [0.2, 0.25) is 0 Å². The third kappa shape index (κ3) is 4.18. The largest absolute Gasteiger partial charge is 0.744 e. The van der Waals surface area contributed by atoms with Crippen molar-refractivity contribution in [1.29, 1.82) is 0 Å². The molecule has 0 saturated heterocycles. The van der Waals surface area contributed by atoms with Crippen LogP contribution in [0.3, 0.4) is 0 Å². The zero-order valence-electron chi connectivity index (χ0n) is 12.9. The molecule has 6 heteroatoms. The number of carbonyl (C=O) groups is 1. The van der Waals surface area contributed by atoms with E-state index < -0.39 is 21.0 Å². The van der Waals surface area contributed by atoms with Gasteiger partial charge in [-0.25, -0.2) is 13.2 Å². The van der Waals surface area contributed by atoms with E-state index in [0.717, 1.165) is 18.1 Å². The average molecular weight is 333 g/mol. The first-order valence-electron chi connectivity index (χ1n) is 7.20. The lowest BCUT2D eigenvalue weighted by molar-refractivity contribution is 0.0730. The van der Waals surface area contributed by atoms with Crippen LogP contribution >= 0.6 is 0 Å². The summed E-state index contributed by atoms with van der Waals surface area (Å²) in [6, 6.07) is 12.2. The van der Waals surface area contributed by atoms with Gasteiger partial charge in [-0.1, -0.05) is 38.1 Å². The summed E-state index contributed by atoms with van der Waals surface area (Å²) in [5, 5.41) is 0. The molecule has 122 valence electrons. The Labute approximate surface area is 135 Å². The van der Waals surface area contributed by atoms with E-state index in [4.69, 9.17) is 4.74 Å². The quantitative estimate of drug-likeness (QED) is 0.476. The van der Waals surface area contributed by atoms with Crippen molar-refractivity contribution >= 4 is 16.1 Å². The smallest absolute Gasteiger partial charge is 0.344 e. The van der Waals surface area contributed by atoms with E-state index in [9.17, 15) is 17.8 Å². The Hall–Kier alpha value is -2.18. The number of esters is 1. The first-order chi connectivity index (χ1) is 10.8. The lowest BCUT2D eigenvalue weighted by Gasteiger charge is -2.13. The maximum Gasteiger partial charge on any atom is 0.344 e. The molecule has 0 aliphatic rings. The van der Waals surface area contributed by atoms with Gasteiger partial charge in [-0.05, 0) is 42.2 Å². The summed E-state index contributed by atoms with van der Waals surface area (Å²) in [7, 11) is -4.74. The van der Waals surface area contributed by atoms with Crippen molar-refractivity contribution in [3.05, 3.63) is 59.7 Å². The molecule has 2 aromatic carbocycles. The molecule has 0 amide bonds. The van der Waals surface area contributed by atoms with Crippen molar-refractivity contribution in [3.63, 3.8) is 0 Å². The average Bonchev–Trinajstić information content (AvgIpc) is 2.54. The van der Waals surface area contributed by atoms with E-state index in [-0.39, 0.29) is 5.56 Å². The van der Waals surface area contributed by atoms with Crippen LogP contribution in [0.4, 0.5) is 0 Å². The molecule has 23 heavy (non-hydrogen) atoms. The maximum absolute atomic E-state index is 12.1. The van der Waals surface area contributed by atoms with Crippen molar-refractivity contribution in [2.24, 2.45) is 0 Å². The van der Waals surface area contributed by atoms with Crippen LogP contribution in [0.25, 0.3) is 0 Å². The molecule has 0 bridgehead atoms. The van der Waals surface area contributed by atoms with Gasteiger partial charge in [0.05, 0.1) is 10.5 Å². The van der Waals surface area contributed by atoms with E-state index >= 15 is 0 Å². The second-order valence-electron chi connectivity index (χ2n) is 5.22. The number of hydrogen-bond acceptors (Lipinski definition) is 5. The van der Waals surface area contributed by atoms with Crippen LogP contribution in [-0.2, 0) is 10.1 Å². The van der Waals surface area contributed by atoms with Gasteiger partial charge in [0.15, 0.2) is 0 Å². The van der Waals surface area contributed by atoms with Crippen LogP contribution in [0.1, 0.15) is 42.1 Å². The summed E-state index contributed by atoms with van der Waals surface area (Å²) in [5.74, 6) is -0.192. The first-order valence-corrected chi connectivity index (χ1v) is 8.60. The third-order valence-corrected chi connectivity index (χ3v) is 4.54. The zero-order valence-corrected chi connectivity index (χ0v) is 13.7. The Kier molecular flexibility index (Phi) is 5.18. The normalized spacial score (nSPS) is 12.7. The Morgan fingerprint density at radius 2 is 1.74 bits per heavy atom. The number of hydrogen-bond donors (Lipinski definition) is 0. The van der Waals surface area contributed by atoms with Crippen LogP contribution < -0.4 is 4.74 Å². The molecule has 0 fully saturated rings. The SMILES string of the molecule is CCC(C)c1ccc(OC(=O)c2ccccc2S(=O)(=O)[O-])cc1. The summed E-state index contributed by atoms with van der Waals surface area (Å²) >= 11 is 0. The second kappa shape index (κ2) is 6.93. The lowest BCUT2D eigenvalue weighted by Crippen LogP contribution is -2.14. The molecule has 0 aliphatic heterocycles. The van der Waals surface area contributed by atoms with Crippen molar-refractivity contribution < 1.29 is 22.5 Å². The second-order valence-corrected chi connectivity index (χ2v) is 6.57. The molecule has 2 aromatic rings. The predicted molar refractivity (Wildman–Crippen MR) is 84.5 cm³/mol. The molecule has 2 rings (SSSR count). The van der Waals surface area contributed by atoms with Crippen LogP contribution in [0, 0.1) is 0 Å². The van der Waals surface area contributed by atoms with Gasteiger partial charge in [-0.2, -0.15) is 0 Å². The zero-order chi connectivity index (χ0) is 17.0. The highest BCUT2D eigenvalue weighted by atomic mass is 32.2. The van der Waals surface area contributed by atoms with E-state index in [2.05, 4.69) is 13.8 Å². The summed E-state index contributed by atoms with van der Waals surface area (Å²) in [4.78, 5) is 11.5. The number of ether oxygens (including phenoxy) is 1. The predicted octanol–water partition coefficient (Wildman–Crippen LogP) is 3.32. The highest BCUT2D eigenvalue weighted by Crippen LogP contribution is 2.23. The highest BCUT2D eigenvalue weighted by molar-refractivity contribution is 7.85. The van der Waals surface area contributed by atoms with Gasteiger partial charge < -0.3 is 9.29 Å².